The molecule has 1 N–H and O–H groups in total. The minimum absolute atomic E-state index is 0.371. The van der Waals surface area contributed by atoms with Crippen LogP contribution in [0.3, 0.4) is 0 Å². The van der Waals surface area contributed by atoms with E-state index in [9.17, 15) is 5.11 Å². The number of piperidine rings is 1. The summed E-state index contributed by atoms with van der Waals surface area (Å²) in [5.41, 5.74) is -0.407. The maximum atomic E-state index is 10.2. The van der Waals surface area contributed by atoms with Gasteiger partial charge < -0.3 is 14.7 Å². The summed E-state index contributed by atoms with van der Waals surface area (Å²) in [5, 5.41) is 10.2. The first-order valence-corrected chi connectivity index (χ1v) is 8.16. The standard InChI is InChI=1S/C17H29NO2/c1-3-17(9-5-4-6-10-17)20-14-16(19)13-18-11-7-15(2)8-12-18/h1,15-16,19H,4-14H2,2H3/t16-/m0/s1. The summed E-state index contributed by atoms with van der Waals surface area (Å²) in [4.78, 5) is 2.34. The van der Waals surface area contributed by atoms with Gasteiger partial charge in [0, 0.05) is 6.54 Å². The Morgan fingerprint density at radius 2 is 1.95 bits per heavy atom. The number of hydrogen-bond donors (Lipinski definition) is 1. The monoisotopic (exact) mass is 279 g/mol. The van der Waals surface area contributed by atoms with Gasteiger partial charge in [-0.2, -0.15) is 0 Å². The van der Waals surface area contributed by atoms with Crippen LogP contribution < -0.4 is 0 Å². The van der Waals surface area contributed by atoms with E-state index in [0.29, 0.717) is 13.2 Å². The van der Waals surface area contributed by atoms with Gasteiger partial charge in [-0.1, -0.05) is 19.3 Å². The van der Waals surface area contributed by atoms with E-state index in [0.717, 1.165) is 44.7 Å². The van der Waals surface area contributed by atoms with Crippen LogP contribution in [0.2, 0.25) is 0 Å². The molecule has 0 radical (unpaired) electrons. The highest BCUT2D eigenvalue weighted by Crippen LogP contribution is 2.31. The highest BCUT2D eigenvalue weighted by Gasteiger charge is 2.31. The minimum Gasteiger partial charge on any atom is -0.389 e. The second kappa shape index (κ2) is 7.45. The fourth-order valence-electron chi connectivity index (χ4n) is 3.30. The SMILES string of the molecule is C#CC1(OC[C@@H](O)CN2CCC(C)CC2)CCCCC1. The molecule has 1 aliphatic heterocycles. The summed E-state index contributed by atoms with van der Waals surface area (Å²) in [6.45, 7) is 5.58. The molecule has 3 heteroatoms. The number of β-amino-alcohol motifs (C(OH)–C–C–N with tert-alkyl or cyclic N) is 1. The molecular weight excluding hydrogens is 250 g/mol. The molecule has 20 heavy (non-hydrogen) atoms. The summed E-state index contributed by atoms with van der Waals surface area (Å²) >= 11 is 0. The van der Waals surface area contributed by atoms with E-state index in [2.05, 4.69) is 17.7 Å². The van der Waals surface area contributed by atoms with E-state index < -0.39 is 11.7 Å². The van der Waals surface area contributed by atoms with Gasteiger partial charge in [0.2, 0.25) is 0 Å². The Hall–Kier alpha value is -0.560. The lowest BCUT2D eigenvalue weighted by Gasteiger charge is -2.35. The van der Waals surface area contributed by atoms with Crippen molar-refractivity contribution in [2.24, 2.45) is 5.92 Å². The van der Waals surface area contributed by atoms with Crippen LogP contribution in [0.5, 0.6) is 0 Å². The Balaban J connectivity index is 1.71. The molecule has 0 aromatic heterocycles. The zero-order valence-corrected chi connectivity index (χ0v) is 12.8. The number of hydrogen-bond acceptors (Lipinski definition) is 3. The van der Waals surface area contributed by atoms with Crippen molar-refractivity contribution >= 4 is 0 Å². The summed E-state index contributed by atoms with van der Waals surface area (Å²) in [7, 11) is 0. The van der Waals surface area contributed by atoms with Gasteiger partial charge in [0.05, 0.1) is 12.7 Å². The lowest BCUT2D eigenvalue weighted by Crippen LogP contribution is -2.42. The van der Waals surface area contributed by atoms with E-state index in [1.807, 2.05) is 0 Å². The van der Waals surface area contributed by atoms with E-state index in [1.165, 1.54) is 19.3 Å². The predicted octanol–water partition coefficient (Wildman–Crippen LogP) is 2.43. The first-order chi connectivity index (χ1) is 9.63. The lowest BCUT2D eigenvalue weighted by atomic mass is 9.85. The molecule has 3 nitrogen and oxygen atoms in total. The second-order valence-electron chi connectivity index (χ2n) is 6.65. The van der Waals surface area contributed by atoms with Crippen LogP contribution >= 0.6 is 0 Å². The van der Waals surface area contributed by atoms with Crippen LogP contribution in [0.4, 0.5) is 0 Å². The number of nitrogens with zero attached hydrogens (tertiary/aromatic N) is 1. The maximum Gasteiger partial charge on any atom is 0.128 e. The first-order valence-electron chi connectivity index (χ1n) is 8.16. The van der Waals surface area contributed by atoms with Crippen LogP contribution in [0, 0.1) is 18.3 Å². The summed E-state index contributed by atoms with van der Waals surface area (Å²) in [5.74, 6) is 3.66. The third kappa shape index (κ3) is 4.48. The molecule has 0 bridgehead atoms. The van der Waals surface area contributed by atoms with Crippen molar-refractivity contribution in [3.8, 4) is 12.3 Å². The van der Waals surface area contributed by atoms with Crippen molar-refractivity contribution < 1.29 is 9.84 Å². The van der Waals surface area contributed by atoms with Crippen LogP contribution in [0.1, 0.15) is 51.9 Å². The van der Waals surface area contributed by atoms with Crippen molar-refractivity contribution in [2.45, 2.75) is 63.6 Å². The fraction of sp³-hybridized carbons (Fsp3) is 0.882. The van der Waals surface area contributed by atoms with E-state index >= 15 is 0 Å². The van der Waals surface area contributed by atoms with Gasteiger partial charge >= 0.3 is 0 Å². The minimum atomic E-state index is -0.421. The second-order valence-corrected chi connectivity index (χ2v) is 6.65. The van der Waals surface area contributed by atoms with Gasteiger partial charge in [0.15, 0.2) is 0 Å². The number of aliphatic hydroxyl groups is 1. The Labute approximate surface area is 123 Å². The average Bonchev–Trinajstić information content (AvgIpc) is 2.49. The number of aliphatic hydroxyl groups excluding tert-OH is 1. The van der Waals surface area contributed by atoms with Crippen LogP contribution in [0.25, 0.3) is 0 Å². The highest BCUT2D eigenvalue weighted by atomic mass is 16.5. The molecule has 0 aromatic carbocycles. The zero-order chi connectivity index (χ0) is 14.4. The number of rotatable bonds is 5. The Bertz CT molecular complexity index is 322. The Morgan fingerprint density at radius 1 is 1.30 bits per heavy atom. The molecule has 1 saturated heterocycles. The van der Waals surface area contributed by atoms with Crippen LogP contribution in [-0.2, 0) is 4.74 Å². The molecule has 114 valence electrons. The smallest absolute Gasteiger partial charge is 0.128 e. The Kier molecular flexibility index (Phi) is 5.89. The Morgan fingerprint density at radius 3 is 2.55 bits per heavy atom. The molecule has 1 heterocycles. The average molecular weight is 279 g/mol. The summed E-state index contributed by atoms with van der Waals surface area (Å²) in [6, 6.07) is 0. The maximum absolute atomic E-state index is 10.2. The molecule has 0 unspecified atom stereocenters. The van der Waals surface area contributed by atoms with Gasteiger partial charge in [-0.15, -0.1) is 6.42 Å². The molecule has 2 rings (SSSR count). The molecule has 2 aliphatic rings. The van der Waals surface area contributed by atoms with Gasteiger partial charge in [0.1, 0.15) is 5.60 Å². The quantitative estimate of drug-likeness (QED) is 0.785. The highest BCUT2D eigenvalue weighted by molar-refractivity contribution is 5.09. The van der Waals surface area contributed by atoms with Crippen molar-refractivity contribution in [1.29, 1.82) is 0 Å². The third-order valence-electron chi connectivity index (χ3n) is 4.82. The molecule has 1 saturated carbocycles. The summed E-state index contributed by atoms with van der Waals surface area (Å²) < 4.78 is 5.93. The van der Waals surface area contributed by atoms with Gasteiger partial charge in [-0.25, -0.2) is 0 Å². The van der Waals surface area contributed by atoms with Gasteiger partial charge in [-0.3, -0.25) is 0 Å². The molecule has 0 amide bonds. The normalized spacial score (nSPS) is 26.1. The lowest BCUT2D eigenvalue weighted by molar-refractivity contribution is -0.0709. The molecule has 0 spiro atoms. The number of terminal acetylenes is 1. The largest absolute Gasteiger partial charge is 0.389 e. The molecule has 1 aliphatic carbocycles. The van der Waals surface area contributed by atoms with E-state index in [4.69, 9.17) is 11.2 Å². The molecular formula is C17H29NO2. The van der Waals surface area contributed by atoms with Crippen molar-refractivity contribution in [3.05, 3.63) is 0 Å². The van der Waals surface area contributed by atoms with Crippen molar-refractivity contribution in [1.82, 2.24) is 4.90 Å². The van der Waals surface area contributed by atoms with Crippen LogP contribution in [-0.4, -0.2) is 48.0 Å². The predicted molar refractivity (Wildman–Crippen MR) is 81.4 cm³/mol. The fourth-order valence-corrected chi connectivity index (χ4v) is 3.30. The van der Waals surface area contributed by atoms with Crippen LogP contribution in [0.15, 0.2) is 0 Å². The van der Waals surface area contributed by atoms with E-state index in [-0.39, 0.29) is 0 Å². The van der Waals surface area contributed by atoms with Crippen molar-refractivity contribution in [3.63, 3.8) is 0 Å². The van der Waals surface area contributed by atoms with Crippen molar-refractivity contribution in [2.75, 3.05) is 26.2 Å². The molecule has 2 fully saturated rings. The van der Waals surface area contributed by atoms with E-state index in [1.54, 1.807) is 0 Å². The molecule has 1 atom stereocenters. The van der Waals surface area contributed by atoms with Gasteiger partial charge in [0.25, 0.3) is 0 Å². The van der Waals surface area contributed by atoms with Gasteiger partial charge in [-0.05, 0) is 57.5 Å². The topological polar surface area (TPSA) is 32.7 Å². The third-order valence-corrected chi connectivity index (χ3v) is 4.82. The number of ether oxygens (including phenoxy) is 1. The number of likely N-dealkylation sites (tertiary alicyclic amines) is 1. The first kappa shape index (κ1) is 15.8. The summed E-state index contributed by atoms with van der Waals surface area (Å²) in [6.07, 6.45) is 13.1. The zero-order valence-electron chi connectivity index (χ0n) is 12.8. The molecule has 0 aromatic rings.